The molecule has 1 saturated carbocycles. The zero-order chi connectivity index (χ0) is 10.4. The minimum absolute atomic E-state index is 0.697. The Morgan fingerprint density at radius 2 is 1.93 bits per heavy atom. The van der Waals surface area contributed by atoms with Crippen LogP contribution < -0.4 is 5.32 Å². The molecule has 0 bridgehead atoms. The van der Waals surface area contributed by atoms with Crippen molar-refractivity contribution in [1.29, 1.82) is 0 Å². The van der Waals surface area contributed by atoms with Crippen molar-refractivity contribution in [3.63, 3.8) is 0 Å². The first kappa shape index (κ1) is 11.4. The highest BCUT2D eigenvalue weighted by atomic mass is 14.9. The molecule has 0 unspecified atom stereocenters. The summed E-state index contributed by atoms with van der Waals surface area (Å²) >= 11 is 0. The molecule has 0 amide bonds. The van der Waals surface area contributed by atoms with Crippen molar-refractivity contribution in [2.75, 3.05) is 6.54 Å². The van der Waals surface area contributed by atoms with Gasteiger partial charge in [-0.1, -0.05) is 18.7 Å². The van der Waals surface area contributed by atoms with Gasteiger partial charge in [-0.05, 0) is 51.4 Å². The van der Waals surface area contributed by atoms with Crippen LogP contribution in [0, 0.1) is 5.92 Å². The number of allylic oxidation sites excluding steroid dienone is 2. The van der Waals surface area contributed by atoms with E-state index in [9.17, 15) is 0 Å². The summed E-state index contributed by atoms with van der Waals surface area (Å²) < 4.78 is 0. The van der Waals surface area contributed by atoms with Crippen LogP contribution in [0.1, 0.15) is 45.4 Å². The first-order chi connectivity index (χ1) is 6.74. The van der Waals surface area contributed by atoms with Crippen molar-refractivity contribution in [3.05, 3.63) is 24.4 Å². The summed E-state index contributed by atoms with van der Waals surface area (Å²) in [5.41, 5.74) is 2.69. The van der Waals surface area contributed by atoms with Gasteiger partial charge in [0.15, 0.2) is 0 Å². The maximum absolute atomic E-state index is 4.13. The number of nitrogens with one attached hydrogen (secondary N) is 1. The van der Waals surface area contributed by atoms with Crippen LogP contribution in [-0.2, 0) is 0 Å². The average molecular weight is 193 g/mol. The number of hydrogen-bond acceptors (Lipinski definition) is 1. The standard InChI is InChI=1S/C13H23N/c1-4-14-12(3)13-9-5-7-11(2)8-6-10-13/h13-14H,2-10H2,1H3. The van der Waals surface area contributed by atoms with E-state index in [-0.39, 0.29) is 0 Å². The Labute approximate surface area is 88.3 Å². The molecule has 0 heterocycles. The molecular formula is C13H23N. The second kappa shape index (κ2) is 5.90. The van der Waals surface area contributed by atoms with Gasteiger partial charge in [-0.3, -0.25) is 0 Å². The lowest BCUT2D eigenvalue weighted by molar-refractivity contribution is 0.438. The highest BCUT2D eigenvalue weighted by Crippen LogP contribution is 2.27. The summed E-state index contributed by atoms with van der Waals surface area (Å²) in [4.78, 5) is 0. The van der Waals surface area contributed by atoms with Crippen LogP contribution >= 0.6 is 0 Å². The van der Waals surface area contributed by atoms with E-state index < -0.39 is 0 Å². The van der Waals surface area contributed by atoms with Gasteiger partial charge in [-0.15, -0.1) is 0 Å². The summed E-state index contributed by atoms with van der Waals surface area (Å²) in [7, 11) is 0. The molecule has 0 saturated heterocycles. The summed E-state index contributed by atoms with van der Waals surface area (Å²) in [6.45, 7) is 11.3. The van der Waals surface area contributed by atoms with E-state index in [0.717, 1.165) is 6.54 Å². The summed E-state index contributed by atoms with van der Waals surface area (Å²) in [6, 6.07) is 0. The maximum atomic E-state index is 4.13. The predicted molar refractivity (Wildman–Crippen MR) is 63.1 cm³/mol. The Morgan fingerprint density at radius 3 is 2.43 bits per heavy atom. The molecule has 1 aliphatic carbocycles. The van der Waals surface area contributed by atoms with Crippen LogP contribution in [0.25, 0.3) is 0 Å². The minimum atomic E-state index is 0.697. The number of rotatable bonds is 3. The molecule has 1 nitrogen and oxygen atoms in total. The van der Waals surface area contributed by atoms with Gasteiger partial charge < -0.3 is 5.32 Å². The van der Waals surface area contributed by atoms with Crippen molar-refractivity contribution in [2.24, 2.45) is 5.92 Å². The largest absolute Gasteiger partial charge is 0.389 e. The zero-order valence-electron chi connectivity index (χ0n) is 9.44. The minimum Gasteiger partial charge on any atom is -0.389 e. The van der Waals surface area contributed by atoms with Crippen molar-refractivity contribution >= 4 is 0 Å². The van der Waals surface area contributed by atoms with Gasteiger partial charge in [0.25, 0.3) is 0 Å². The Morgan fingerprint density at radius 1 is 1.36 bits per heavy atom. The molecule has 0 radical (unpaired) electrons. The fourth-order valence-electron chi connectivity index (χ4n) is 2.19. The Balaban J connectivity index is 2.38. The summed E-state index contributed by atoms with van der Waals surface area (Å²) in [5.74, 6) is 0.697. The van der Waals surface area contributed by atoms with E-state index in [1.54, 1.807) is 0 Å². The molecule has 0 aromatic carbocycles. The van der Waals surface area contributed by atoms with Crippen molar-refractivity contribution in [2.45, 2.75) is 45.4 Å². The second-order valence-electron chi connectivity index (χ2n) is 4.29. The molecule has 0 aliphatic heterocycles. The third-order valence-electron chi connectivity index (χ3n) is 3.06. The molecule has 1 rings (SSSR count). The van der Waals surface area contributed by atoms with Crippen LogP contribution in [-0.4, -0.2) is 6.54 Å². The van der Waals surface area contributed by atoms with Gasteiger partial charge in [-0.25, -0.2) is 0 Å². The van der Waals surface area contributed by atoms with E-state index >= 15 is 0 Å². The summed E-state index contributed by atoms with van der Waals surface area (Å²) in [5, 5.41) is 3.36. The molecule has 0 spiro atoms. The van der Waals surface area contributed by atoms with Gasteiger partial charge in [-0.2, -0.15) is 0 Å². The van der Waals surface area contributed by atoms with Gasteiger partial charge in [0, 0.05) is 12.2 Å². The van der Waals surface area contributed by atoms with E-state index in [1.165, 1.54) is 49.8 Å². The van der Waals surface area contributed by atoms with E-state index in [2.05, 4.69) is 25.4 Å². The average Bonchev–Trinajstić information content (AvgIpc) is 2.11. The Kier molecular flexibility index (Phi) is 4.78. The lowest BCUT2D eigenvalue weighted by Gasteiger charge is -2.23. The maximum Gasteiger partial charge on any atom is 0.0115 e. The SMILES string of the molecule is C=C1CCCC(C(=C)NCC)CCC1. The zero-order valence-corrected chi connectivity index (χ0v) is 9.44. The van der Waals surface area contributed by atoms with E-state index in [4.69, 9.17) is 0 Å². The normalized spacial score (nSPS) is 19.9. The van der Waals surface area contributed by atoms with Gasteiger partial charge in [0.1, 0.15) is 0 Å². The molecule has 1 aliphatic rings. The lowest BCUT2D eigenvalue weighted by Crippen LogP contribution is -2.20. The first-order valence-corrected chi connectivity index (χ1v) is 5.83. The van der Waals surface area contributed by atoms with Gasteiger partial charge in [0.05, 0.1) is 0 Å². The van der Waals surface area contributed by atoms with Crippen molar-refractivity contribution in [1.82, 2.24) is 5.32 Å². The van der Waals surface area contributed by atoms with Crippen LogP contribution in [0.5, 0.6) is 0 Å². The lowest BCUT2D eigenvalue weighted by atomic mass is 9.87. The van der Waals surface area contributed by atoms with Gasteiger partial charge >= 0.3 is 0 Å². The quantitative estimate of drug-likeness (QED) is 0.675. The summed E-state index contributed by atoms with van der Waals surface area (Å²) in [6.07, 6.45) is 7.57. The molecule has 14 heavy (non-hydrogen) atoms. The topological polar surface area (TPSA) is 12.0 Å². The third-order valence-corrected chi connectivity index (χ3v) is 3.06. The number of hydrogen-bond donors (Lipinski definition) is 1. The smallest absolute Gasteiger partial charge is 0.0115 e. The molecule has 0 aromatic heterocycles. The van der Waals surface area contributed by atoms with Crippen LogP contribution in [0.2, 0.25) is 0 Å². The molecular weight excluding hydrogens is 170 g/mol. The fourth-order valence-corrected chi connectivity index (χ4v) is 2.19. The third kappa shape index (κ3) is 3.57. The highest BCUT2D eigenvalue weighted by molar-refractivity contribution is 5.01. The van der Waals surface area contributed by atoms with Gasteiger partial charge in [0.2, 0.25) is 0 Å². The molecule has 1 N–H and O–H groups in total. The van der Waals surface area contributed by atoms with E-state index in [1.807, 2.05) is 0 Å². The molecule has 0 atom stereocenters. The Hall–Kier alpha value is -0.720. The monoisotopic (exact) mass is 193 g/mol. The predicted octanol–water partition coefficient (Wildman–Crippen LogP) is 3.64. The molecule has 1 heteroatoms. The fraction of sp³-hybridized carbons (Fsp3) is 0.692. The van der Waals surface area contributed by atoms with Crippen molar-refractivity contribution in [3.8, 4) is 0 Å². The van der Waals surface area contributed by atoms with Crippen LogP contribution in [0.15, 0.2) is 24.4 Å². The van der Waals surface area contributed by atoms with Crippen molar-refractivity contribution < 1.29 is 0 Å². The second-order valence-corrected chi connectivity index (χ2v) is 4.29. The molecule has 0 aromatic rings. The van der Waals surface area contributed by atoms with E-state index in [0.29, 0.717) is 5.92 Å². The Bertz CT molecular complexity index is 193. The van der Waals surface area contributed by atoms with Crippen LogP contribution in [0.4, 0.5) is 0 Å². The highest BCUT2D eigenvalue weighted by Gasteiger charge is 2.14. The molecule has 80 valence electrons. The molecule has 1 fully saturated rings. The van der Waals surface area contributed by atoms with Crippen LogP contribution in [0.3, 0.4) is 0 Å². The first-order valence-electron chi connectivity index (χ1n) is 5.83.